The SMILES string of the molecule is CCCCCCCCC(CCCCCCCC)(C(=O)OCCCC)C(C(=O)[O-])S(=O)(=O)O.CCOCC.[Na+]. The molecule has 8 nitrogen and oxygen atoms in total. The predicted octanol–water partition coefficient (Wildman–Crippen LogP) is 2.87. The van der Waals surface area contributed by atoms with Crippen molar-refractivity contribution in [2.75, 3.05) is 19.8 Å². The Morgan fingerprint density at radius 1 is 0.737 bits per heavy atom. The maximum Gasteiger partial charge on any atom is 1.00 e. The topological polar surface area (TPSA) is 130 Å². The van der Waals surface area contributed by atoms with E-state index < -0.39 is 32.7 Å². The summed E-state index contributed by atoms with van der Waals surface area (Å²) in [5.41, 5.74) is -1.84. The van der Waals surface area contributed by atoms with Crippen molar-refractivity contribution in [3.05, 3.63) is 0 Å². The van der Waals surface area contributed by atoms with Gasteiger partial charge in [-0.05, 0) is 33.1 Å². The number of carbonyl (C=O) groups excluding carboxylic acids is 2. The molecule has 0 radical (unpaired) electrons. The first-order chi connectivity index (χ1) is 17.6. The minimum atomic E-state index is -5.06. The molecule has 0 aromatic heterocycles. The van der Waals surface area contributed by atoms with Crippen LogP contribution in [0.15, 0.2) is 0 Å². The van der Waals surface area contributed by atoms with E-state index >= 15 is 0 Å². The smallest absolute Gasteiger partial charge is 0.549 e. The van der Waals surface area contributed by atoms with Crippen LogP contribution in [0.4, 0.5) is 0 Å². The molecule has 0 spiro atoms. The summed E-state index contributed by atoms with van der Waals surface area (Å²) in [6.07, 6.45) is 12.2. The Balaban J connectivity index is -0.00000185. The zero-order chi connectivity index (χ0) is 28.6. The van der Waals surface area contributed by atoms with Crippen LogP contribution in [0.1, 0.15) is 137 Å². The van der Waals surface area contributed by atoms with Crippen molar-refractivity contribution in [1.29, 1.82) is 0 Å². The van der Waals surface area contributed by atoms with Gasteiger partial charge in [0.15, 0.2) is 0 Å². The standard InChI is InChI=1S/C24H46O7S.C4H10O.Na/c1-4-7-10-12-14-16-18-24(23(27)31-20-9-6-3,19-17-15-13-11-8-5-2)21(22(25)26)32(28,29)30;1-3-5-4-2;/h21H,4-20H2,1-3H3,(H,25,26)(H,28,29,30);3-4H2,1-2H3;/q;;+1/p-1. The Morgan fingerprint density at radius 2 is 1.13 bits per heavy atom. The van der Waals surface area contributed by atoms with E-state index in [4.69, 9.17) is 9.47 Å². The molecule has 0 aromatic carbocycles. The van der Waals surface area contributed by atoms with Gasteiger partial charge in [0.2, 0.25) is 0 Å². The molecule has 1 unspecified atom stereocenters. The average Bonchev–Trinajstić information content (AvgIpc) is 2.83. The van der Waals surface area contributed by atoms with Crippen molar-refractivity contribution < 1.29 is 66.7 Å². The van der Waals surface area contributed by atoms with E-state index in [0.717, 1.165) is 83.8 Å². The fourth-order valence-electron chi connectivity index (χ4n) is 4.43. The van der Waals surface area contributed by atoms with Gasteiger partial charge in [0.1, 0.15) is 5.25 Å². The van der Waals surface area contributed by atoms with Crippen LogP contribution < -0.4 is 34.7 Å². The molecule has 0 saturated carbocycles. The van der Waals surface area contributed by atoms with Gasteiger partial charge in [-0.2, -0.15) is 8.42 Å². The molecule has 38 heavy (non-hydrogen) atoms. The number of rotatable bonds is 23. The van der Waals surface area contributed by atoms with Gasteiger partial charge >= 0.3 is 35.5 Å². The molecule has 0 bridgehead atoms. The fraction of sp³-hybridized carbons (Fsp3) is 0.929. The number of carboxylic acid groups (broad SMARTS) is 1. The number of esters is 1. The fourth-order valence-corrected chi connectivity index (χ4v) is 5.57. The number of ether oxygens (including phenoxy) is 2. The summed E-state index contributed by atoms with van der Waals surface area (Å²) in [5, 5.41) is 9.59. The molecule has 0 aliphatic rings. The van der Waals surface area contributed by atoms with Crippen molar-refractivity contribution in [3.8, 4) is 0 Å². The molecule has 10 heteroatoms. The maximum absolute atomic E-state index is 13.2. The van der Waals surface area contributed by atoms with Crippen molar-refractivity contribution in [2.24, 2.45) is 5.41 Å². The number of aliphatic carboxylic acids is 1. The van der Waals surface area contributed by atoms with Crippen LogP contribution in [0.3, 0.4) is 0 Å². The van der Waals surface area contributed by atoms with Crippen LogP contribution in [0, 0.1) is 5.41 Å². The van der Waals surface area contributed by atoms with Gasteiger partial charge in [-0.1, -0.05) is 104 Å². The summed E-state index contributed by atoms with van der Waals surface area (Å²) in [4.78, 5) is 25.1. The summed E-state index contributed by atoms with van der Waals surface area (Å²) in [5.74, 6) is -2.79. The molecule has 0 amide bonds. The number of hydrogen-bond donors (Lipinski definition) is 1. The van der Waals surface area contributed by atoms with Gasteiger partial charge < -0.3 is 19.4 Å². The van der Waals surface area contributed by atoms with E-state index in [1.54, 1.807) is 0 Å². The first-order valence-electron chi connectivity index (χ1n) is 14.5. The summed E-state index contributed by atoms with van der Waals surface area (Å²) in [6.45, 7) is 11.9. The second-order valence-corrected chi connectivity index (χ2v) is 11.2. The van der Waals surface area contributed by atoms with Crippen molar-refractivity contribution >= 4 is 22.1 Å². The minimum Gasteiger partial charge on any atom is -0.549 e. The minimum absolute atomic E-state index is 0. The largest absolute Gasteiger partial charge is 1.00 e. The molecule has 0 heterocycles. The molecule has 0 aliphatic carbocycles. The van der Waals surface area contributed by atoms with E-state index in [1.807, 2.05) is 20.8 Å². The molecular weight excluding hydrogens is 519 g/mol. The molecule has 222 valence electrons. The number of carboxylic acids is 1. The molecule has 0 saturated heterocycles. The summed E-state index contributed by atoms with van der Waals surface area (Å²) in [6, 6.07) is 0. The Labute approximate surface area is 255 Å². The average molecular weight is 575 g/mol. The maximum atomic E-state index is 13.2. The van der Waals surface area contributed by atoms with Gasteiger partial charge in [0, 0.05) is 13.2 Å². The molecule has 1 N–H and O–H groups in total. The summed E-state index contributed by atoms with van der Waals surface area (Å²) >= 11 is 0. The van der Waals surface area contributed by atoms with Crippen molar-refractivity contribution in [2.45, 2.75) is 143 Å². The molecular formula is C28H55NaO8S. The Bertz CT molecular complexity index is 652. The van der Waals surface area contributed by atoms with E-state index in [1.165, 1.54) is 0 Å². The van der Waals surface area contributed by atoms with E-state index in [-0.39, 0.29) is 49.0 Å². The summed E-state index contributed by atoms with van der Waals surface area (Å²) < 4.78 is 44.2. The van der Waals surface area contributed by atoms with Crippen LogP contribution in [-0.2, 0) is 29.2 Å². The van der Waals surface area contributed by atoms with Gasteiger partial charge in [-0.15, -0.1) is 0 Å². The van der Waals surface area contributed by atoms with Crippen molar-refractivity contribution in [3.63, 3.8) is 0 Å². The van der Waals surface area contributed by atoms with E-state index in [2.05, 4.69) is 13.8 Å². The first kappa shape index (κ1) is 42.3. The van der Waals surface area contributed by atoms with Crippen LogP contribution in [0.25, 0.3) is 0 Å². The van der Waals surface area contributed by atoms with Gasteiger partial charge in [-0.25, -0.2) is 0 Å². The van der Waals surface area contributed by atoms with Gasteiger partial charge in [0.05, 0.1) is 18.0 Å². The van der Waals surface area contributed by atoms with E-state index in [9.17, 15) is 27.7 Å². The Morgan fingerprint density at radius 3 is 1.45 bits per heavy atom. The number of unbranched alkanes of at least 4 members (excludes halogenated alkanes) is 11. The summed E-state index contributed by atoms with van der Waals surface area (Å²) in [7, 11) is -5.06. The second kappa shape index (κ2) is 27.0. The van der Waals surface area contributed by atoms with Gasteiger partial charge in [-0.3, -0.25) is 9.35 Å². The first-order valence-corrected chi connectivity index (χ1v) is 16.0. The van der Waals surface area contributed by atoms with Crippen LogP contribution >= 0.6 is 0 Å². The van der Waals surface area contributed by atoms with Gasteiger partial charge in [0.25, 0.3) is 10.1 Å². The quantitative estimate of drug-likeness (QED) is 0.0853. The monoisotopic (exact) mass is 574 g/mol. The normalized spacial score (nSPS) is 12.2. The second-order valence-electron chi connectivity index (χ2n) is 9.68. The number of hydrogen-bond acceptors (Lipinski definition) is 7. The third-order valence-electron chi connectivity index (χ3n) is 6.51. The van der Waals surface area contributed by atoms with Crippen molar-refractivity contribution in [1.82, 2.24) is 0 Å². The molecule has 0 aliphatic heterocycles. The van der Waals surface area contributed by atoms with E-state index in [0.29, 0.717) is 19.3 Å². The molecule has 0 rings (SSSR count). The zero-order valence-corrected chi connectivity index (χ0v) is 28.0. The van der Waals surface area contributed by atoms with Crippen LogP contribution in [0.5, 0.6) is 0 Å². The third-order valence-corrected chi connectivity index (χ3v) is 7.75. The zero-order valence-electron chi connectivity index (χ0n) is 25.2. The predicted molar refractivity (Wildman–Crippen MR) is 147 cm³/mol. The molecule has 0 fully saturated rings. The molecule has 1 atom stereocenters. The third kappa shape index (κ3) is 19.8. The molecule has 0 aromatic rings. The Kier molecular flexibility index (Phi) is 30.0. The Hall–Kier alpha value is -0.190. The number of carbonyl (C=O) groups is 2. The van der Waals surface area contributed by atoms with Crippen LogP contribution in [0.2, 0.25) is 0 Å². The van der Waals surface area contributed by atoms with Crippen LogP contribution in [-0.4, -0.2) is 50.0 Å².